The standard InChI is InChI=1S/C20H21FN6O3/c1-12(28)27-7-5-13(6-8-27)18-24-9-15(10-25-18)16-4-2-3-14(17(16)21)11-30-20(29)26-19(22)23/h4,9-10,13H,5-8,11H2,1H3,(H4,22,23,26,29). The van der Waals surface area contributed by atoms with Crippen molar-refractivity contribution in [3.63, 3.8) is 0 Å². The van der Waals surface area contributed by atoms with Gasteiger partial charge in [-0.05, 0) is 18.9 Å². The van der Waals surface area contributed by atoms with E-state index in [1.807, 2.05) is 5.32 Å². The summed E-state index contributed by atoms with van der Waals surface area (Å²) in [5.41, 5.74) is 5.68. The van der Waals surface area contributed by atoms with Crippen molar-refractivity contribution in [2.45, 2.75) is 32.3 Å². The molecule has 0 radical (unpaired) electrons. The van der Waals surface area contributed by atoms with Crippen molar-refractivity contribution >= 4 is 18.0 Å². The number of piperidine rings is 1. The van der Waals surface area contributed by atoms with Gasteiger partial charge in [0.1, 0.15) is 18.2 Å². The Labute approximate surface area is 173 Å². The average Bonchev–Trinajstić information content (AvgIpc) is 2.73. The third-order valence-corrected chi connectivity index (χ3v) is 4.81. The van der Waals surface area contributed by atoms with E-state index in [1.54, 1.807) is 24.2 Å². The second-order valence-corrected chi connectivity index (χ2v) is 6.84. The van der Waals surface area contributed by atoms with Gasteiger partial charge < -0.3 is 15.4 Å². The number of hydrogen-bond acceptors (Lipinski definition) is 6. The largest absolute Gasteiger partial charge is 0.444 e. The molecule has 2 heterocycles. The van der Waals surface area contributed by atoms with Gasteiger partial charge in [0, 0.05) is 49.5 Å². The molecule has 1 aliphatic rings. The lowest BCUT2D eigenvalue weighted by atomic mass is 9.95. The normalized spacial score (nSPS) is 14.0. The molecule has 10 heteroatoms. The summed E-state index contributed by atoms with van der Waals surface area (Å²) in [4.78, 5) is 33.4. The smallest absolute Gasteiger partial charge is 0.414 e. The number of carbonyl (C=O) groups excluding carboxylic acids is 2. The highest BCUT2D eigenvalue weighted by molar-refractivity contribution is 5.90. The molecular formula is C20H21FN6O3. The maximum Gasteiger partial charge on any atom is 0.414 e. The van der Waals surface area contributed by atoms with Gasteiger partial charge in [-0.2, -0.15) is 0 Å². The number of nitrogens with one attached hydrogen (secondary N) is 2. The molecule has 0 atom stereocenters. The van der Waals surface area contributed by atoms with Crippen LogP contribution in [0.15, 0.2) is 18.5 Å². The van der Waals surface area contributed by atoms with Gasteiger partial charge in [0.15, 0.2) is 5.96 Å². The van der Waals surface area contributed by atoms with Crippen molar-refractivity contribution in [1.82, 2.24) is 20.2 Å². The van der Waals surface area contributed by atoms with Crippen LogP contribution < -0.4 is 11.1 Å². The topological polar surface area (TPSA) is 134 Å². The SMILES string of the molecule is CC(=O)N1CCC(c2ncc(-c3cc#cc(COC(=O)NC(=N)N)c3F)cn2)CC1. The number of alkyl carbamates (subject to hydrolysis) is 1. The Bertz CT molecular complexity index is 942. The van der Waals surface area contributed by atoms with E-state index in [-0.39, 0.29) is 23.0 Å². The number of rotatable bonds is 4. The molecule has 3 rings (SSSR count). The van der Waals surface area contributed by atoms with Crippen molar-refractivity contribution in [1.29, 1.82) is 5.41 Å². The van der Waals surface area contributed by atoms with E-state index < -0.39 is 24.5 Å². The van der Waals surface area contributed by atoms with Crippen LogP contribution in [-0.4, -0.2) is 45.9 Å². The van der Waals surface area contributed by atoms with Gasteiger partial charge in [0.05, 0.1) is 5.56 Å². The molecule has 0 unspecified atom stereocenters. The number of likely N-dealkylation sites (tertiary alicyclic amines) is 1. The first kappa shape index (κ1) is 21.0. The number of nitrogens with two attached hydrogens (primary N) is 1. The average molecular weight is 412 g/mol. The van der Waals surface area contributed by atoms with Crippen LogP contribution in [0, 0.1) is 23.4 Å². The second-order valence-electron chi connectivity index (χ2n) is 6.84. The zero-order valence-electron chi connectivity index (χ0n) is 16.4. The summed E-state index contributed by atoms with van der Waals surface area (Å²) in [5, 5.41) is 8.90. The molecule has 1 saturated heterocycles. The maximum absolute atomic E-state index is 14.8. The molecule has 0 aliphatic carbocycles. The van der Waals surface area contributed by atoms with Crippen LogP contribution in [0.5, 0.6) is 0 Å². The van der Waals surface area contributed by atoms with E-state index in [9.17, 15) is 14.0 Å². The predicted molar refractivity (Wildman–Crippen MR) is 105 cm³/mol. The molecule has 30 heavy (non-hydrogen) atoms. The third-order valence-electron chi connectivity index (χ3n) is 4.81. The van der Waals surface area contributed by atoms with Crippen LogP contribution in [0.1, 0.15) is 37.1 Å². The van der Waals surface area contributed by atoms with Gasteiger partial charge in [-0.25, -0.2) is 19.2 Å². The summed E-state index contributed by atoms with van der Waals surface area (Å²) < 4.78 is 19.6. The summed E-state index contributed by atoms with van der Waals surface area (Å²) in [5.74, 6) is -0.322. The Balaban J connectivity index is 1.68. The Kier molecular flexibility index (Phi) is 6.41. The highest BCUT2D eigenvalue weighted by Crippen LogP contribution is 2.27. The Morgan fingerprint density at radius 3 is 2.63 bits per heavy atom. The van der Waals surface area contributed by atoms with Gasteiger partial charge in [-0.1, -0.05) is 12.1 Å². The van der Waals surface area contributed by atoms with Crippen LogP contribution in [-0.2, 0) is 16.1 Å². The van der Waals surface area contributed by atoms with Crippen molar-refractivity contribution < 1.29 is 18.7 Å². The van der Waals surface area contributed by atoms with Crippen molar-refractivity contribution in [3.8, 4) is 11.1 Å². The van der Waals surface area contributed by atoms with E-state index >= 15 is 0 Å². The quantitative estimate of drug-likeness (QED) is 0.517. The van der Waals surface area contributed by atoms with E-state index in [0.717, 1.165) is 12.8 Å². The lowest BCUT2D eigenvalue weighted by molar-refractivity contribution is -0.129. The predicted octanol–water partition coefficient (Wildman–Crippen LogP) is 1.73. The van der Waals surface area contributed by atoms with Crippen LogP contribution in [0.25, 0.3) is 11.1 Å². The van der Waals surface area contributed by atoms with Crippen molar-refractivity contribution in [2.75, 3.05) is 13.1 Å². The fraction of sp³-hybridized carbons (Fsp3) is 0.350. The first-order valence-electron chi connectivity index (χ1n) is 9.31. The summed E-state index contributed by atoms with van der Waals surface area (Å²) in [6, 6.07) is 6.67. The molecule has 9 nitrogen and oxygen atoms in total. The first-order valence-corrected chi connectivity index (χ1v) is 9.31. The molecule has 1 aromatic heterocycles. The fourth-order valence-electron chi connectivity index (χ4n) is 3.21. The Hall–Kier alpha value is -3.74. The molecule has 2 amide bonds. The third kappa shape index (κ3) is 5.00. The zero-order chi connectivity index (χ0) is 21.7. The molecule has 1 aromatic carbocycles. The minimum absolute atomic E-state index is 0.00752. The number of carbonyl (C=O) groups is 2. The highest BCUT2D eigenvalue weighted by atomic mass is 19.1. The van der Waals surface area contributed by atoms with E-state index in [2.05, 4.69) is 22.1 Å². The van der Waals surface area contributed by atoms with E-state index in [0.29, 0.717) is 24.5 Å². The number of halogens is 1. The Morgan fingerprint density at radius 2 is 2.03 bits per heavy atom. The molecule has 2 aromatic rings. The van der Waals surface area contributed by atoms with Crippen molar-refractivity contribution in [3.05, 3.63) is 47.8 Å². The van der Waals surface area contributed by atoms with Gasteiger partial charge >= 0.3 is 6.09 Å². The molecule has 4 N–H and O–H groups in total. The number of hydrogen-bond donors (Lipinski definition) is 3. The minimum atomic E-state index is -0.968. The van der Waals surface area contributed by atoms with E-state index in [1.165, 1.54) is 6.07 Å². The molecular weight excluding hydrogens is 391 g/mol. The monoisotopic (exact) mass is 412 g/mol. The maximum atomic E-state index is 14.8. The van der Waals surface area contributed by atoms with Gasteiger partial charge in [0.2, 0.25) is 5.91 Å². The molecule has 0 spiro atoms. The number of ether oxygens (including phenoxy) is 1. The molecule has 0 bridgehead atoms. The summed E-state index contributed by atoms with van der Waals surface area (Å²) in [6.07, 6.45) is 3.68. The number of nitrogens with zero attached hydrogens (tertiary/aromatic N) is 3. The van der Waals surface area contributed by atoms with Gasteiger partial charge in [0.25, 0.3) is 0 Å². The lowest BCUT2D eigenvalue weighted by Gasteiger charge is -2.30. The number of guanidine groups is 1. The summed E-state index contributed by atoms with van der Waals surface area (Å²) in [7, 11) is 0. The second kappa shape index (κ2) is 9.17. The summed E-state index contributed by atoms with van der Waals surface area (Å²) >= 11 is 0. The zero-order valence-corrected chi connectivity index (χ0v) is 16.4. The molecule has 0 saturated carbocycles. The number of aromatic nitrogens is 2. The van der Waals surface area contributed by atoms with Gasteiger partial charge in [-0.15, -0.1) is 0 Å². The van der Waals surface area contributed by atoms with Crippen LogP contribution in [0.3, 0.4) is 0 Å². The first-order chi connectivity index (χ1) is 14.3. The van der Waals surface area contributed by atoms with Crippen LogP contribution in [0.4, 0.5) is 9.18 Å². The van der Waals surface area contributed by atoms with Crippen molar-refractivity contribution in [2.24, 2.45) is 5.73 Å². The van der Waals surface area contributed by atoms with Crippen LogP contribution >= 0.6 is 0 Å². The molecule has 1 fully saturated rings. The lowest BCUT2D eigenvalue weighted by Crippen LogP contribution is -2.36. The molecule has 156 valence electrons. The minimum Gasteiger partial charge on any atom is -0.444 e. The fourth-order valence-corrected chi connectivity index (χ4v) is 3.21. The van der Waals surface area contributed by atoms with Gasteiger partial charge in [-0.3, -0.25) is 15.5 Å². The van der Waals surface area contributed by atoms with E-state index in [4.69, 9.17) is 15.9 Å². The Morgan fingerprint density at radius 1 is 1.37 bits per heavy atom. The van der Waals surface area contributed by atoms with Crippen LogP contribution in [0.2, 0.25) is 0 Å². The molecule has 1 aliphatic heterocycles. The number of amides is 2. The highest BCUT2D eigenvalue weighted by Gasteiger charge is 2.24. The summed E-state index contributed by atoms with van der Waals surface area (Å²) in [6.45, 7) is 2.50.